The third kappa shape index (κ3) is 2.90. The minimum absolute atomic E-state index is 0.0765. The number of nitro benzene ring substituents is 1. The standard InChI is InChI=1S/C15H21N3O3/c1-4-6-12-15(19)17(5-2)14(16-12)11-8-7-10(3)13(9-11)18(20)21/h7-9,12,14,16H,4-6H2,1-3H3. The third-order valence-corrected chi connectivity index (χ3v) is 3.92. The number of rotatable bonds is 5. The molecule has 6 nitrogen and oxygen atoms in total. The fraction of sp³-hybridized carbons (Fsp3) is 0.533. The highest BCUT2D eigenvalue weighted by Crippen LogP contribution is 2.30. The van der Waals surface area contributed by atoms with E-state index in [1.807, 2.05) is 19.9 Å². The summed E-state index contributed by atoms with van der Waals surface area (Å²) in [6.07, 6.45) is 1.42. The van der Waals surface area contributed by atoms with Gasteiger partial charge in [0.1, 0.15) is 6.17 Å². The lowest BCUT2D eigenvalue weighted by Crippen LogP contribution is -2.30. The molecule has 0 spiro atoms. The number of nitro groups is 1. The van der Waals surface area contributed by atoms with Crippen LogP contribution < -0.4 is 5.32 Å². The largest absolute Gasteiger partial charge is 0.322 e. The first-order valence-electron chi connectivity index (χ1n) is 7.31. The van der Waals surface area contributed by atoms with E-state index in [2.05, 4.69) is 5.32 Å². The van der Waals surface area contributed by atoms with Gasteiger partial charge in [-0.2, -0.15) is 0 Å². The molecule has 0 aromatic heterocycles. The summed E-state index contributed by atoms with van der Waals surface area (Å²) in [5.74, 6) is 0.0765. The molecule has 0 bridgehead atoms. The first-order valence-corrected chi connectivity index (χ1v) is 7.31. The zero-order valence-electron chi connectivity index (χ0n) is 12.6. The monoisotopic (exact) mass is 291 g/mol. The van der Waals surface area contributed by atoms with E-state index >= 15 is 0 Å². The van der Waals surface area contributed by atoms with Gasteiger partial charge in [-0.1, -0.05) is 25.5 Å². The molecule has 2 atom stereocenters. The van der Waals surface area contributed by atoms with Crippen molar-refractivity contribution in [1.29, 1.82) is 0 Å². The fourth-order valence-corrected chi connectivity index (χ4v) is 2.78. The van der Waals surface area contributed by atoms with Gasteiger partial charge in [0.2, 0.25) is 5.91 Å². The second-order valence-corrected chi connectivity index (χ2v) is 5.34. The van der Waals surface area contributed by atoms with Crippen molar-refractivity contribution < 1.29 is 9.72 Å². The van der Waals surface area contributed by atoms with E-state index in [0.29, 0.717) is 12.1 Å². The van der Waals surface area contributed by atoms with Gasteiger partial charge in [-0.05, 0) is 25.8 Å². The Labute approximate surface area is 124 Å². The molecular formula is C15H21N3O3. The van der Waals surface area contributed by atoms with Gasteiger partial charge in [0, 0.05) is 18.2 Å². The molecule has 1 amide bonds. The summed E-state index contributed by atoms with van der Waals surface area (Å²) in [4.78, 5) is 24.8. The maximum atomic E-state index is 12.3. The molecule has 1 aliphatic heterocycles. The van der Waals surface area contributed by atoms with Crippen LogP contribution in [-0.2, 0) is 4.79 Å². The van der Waals surface area contributed by atoms with Gasteiger partial charge in [-0.15, -0.1) is 0 Å². The molecule has 1 aliphatic rings. The van der Waals surface area contributed by atoms with Crippen molar-refractivity contribution >= 4 is 11.6 Å². The quantitative estimate of drug-likeness (QED) is 0.668. The maximum absolute atomic E-state index is 12.3. The lowest BCUT2D eigenvalue weighted by molar-refractivity contribution is -0.385. The number of amides is 1. The molecule has 0 radical (unpaired) electrons. The van der Waals surface area contributed by atoms with E-state index in [0.717, 1.165) is 18.4 Å². The summed E-state index contributed by atoms with van der Waals surface area (Å²) in [5, 5.41) is 14.4. The van der Waals surface area contributed by atoms with E-state index in [9.17, 15) is 14.9 Å². The molecular weight excluding hydrogens is 270 g/mol. The minimum atomic E-state index is -0.380. The highest BCUT2D eigenvalue weighted by Gasteiger charge is 2.38. The Morgan fingerprint density at radius 3 is 2.67 bits per heavy atom. The summed E-state index contributed by atoms with van der Waals surface area (Å²) < 4.78 is 0. The van der Waals surface area contributed by atoms with Crippen LogP contribution >= 0.6 is 0 Å². The Bertz CT molecular complexity index is 559. The molecule has 1 N–H and O–H groups in total. The number of carbonyl (C=O) groups excluding carboxylic acids is 1. The zero-order valence-corrected chi connectivity index (χ0v) is 12.6. The topological polar surface area (TPSA) is 75.5 Å². The van der Waals surface area contributed by atoms with E-state index in [4.69, 9.17) is 0 Å². The van der Waals surface area contributed by atoms with Gasteiger partial charge in [-0.3, -0.25) is 20.2 Å². The van der Waals surface area contributed by atoms with Crippen molar-refractivity contribution in [3.8, 4) is 0 Å². The van der Waals surface area contributed by atoms with Crippen molar-refractivity contribution in [1.82, 2.24) is 10.2 Å². The molecule has 2 unspecified atom stereocenters. The van der Waals surface area contributed by atoms with Crippen LogP contribution in [0.1, 0.15) is 44.0 Å². The van der Waals surface area contributed by atoms with Gasteiger partial charge < -0.3 is 4.90 Å². The van der Waals surface area contributed by atoms with Crippen LogP contribution in [-0.4, -0.2) is 28.3 Å². The van der Waals surface area contributed by atoms with Crippen LogP contribution in [0.3, 0.4) is 0 Å². The van der Waals surface area contributed by atoms with E-state index < -0.39 is 0 Å². The second kappa shape index (κ2) is 6.22. The SMILES string of the molecule is CCCC1NC(c2ccc(C)c([N+](=O)[O-])c2)N(CC)C1=O. The molecule has 1 aromatic carbocycles. The van der Waals surface area contributed by atoms with Crippen LogP contribution in [0.5, 0.6) is 0 Å². The van der Waals surface area contributed by atoms with Gasteiger partial charge >= 0.3 is 0 Å². The number of carbonyl (C=O) groups is 1. The van der Waals surface area contributed by atoms with Crippen molar-refractivity contribution in [3.63, 3.8) is 0 Å². The molecule has 6 heteroatoms. The summed E-state index contributed by atoms with van der Waals surface area (Å²) in [5.41, 5.74) is 1.49. The van der Waals surface area contributed by atoms with Crippen molar-refractivity contribution in [2.75, 3.05) is 6.54 Å². The fourth-order valence-electron chi connectivity index (χ4n) is 2.78. The van der Waals surface area contributed by atoms with Gasteiger partial charge in [-0.25, -0.2) is 0 Å². The first-order chi connectivity index (χ1) is 9.99. The lowest BCUT2D eigenvalue weighted by atomic mass is 10.1. The number of benzene rings is 1. The Balaban J connectivity index is 2.34. The van der Waals surface area contributed by atoms with Crippen LogP contribution in [0.2, 0.25) is 0 Å². The molecule has 1 heterocycles. The highest BCUT2D eigenvalue weighted by atomic mass is 16.6. The maximum Gasteiger partial charge on any atom is 0.272 e. The number of aryl methyl sites for hydroxylation is 1. The highest BCUT2D eigenvalue weighted by molar-refractivity contribution is 5.84. The van der Waals surface area contributed by atoms with Gasteiger partial charge in [0.15, 0.2) is 0 Å². The van der Waals surface area contributed by atoms with E-state index in [-0.39, 0.29) is 28.7 Å². The van der Waals surface area contributed by atoms with Crippen LogP contribution in [0.4, 0.5) is 5.69 Å². The molecule has 21 heavy (non-hydrogen) atoms. The number of nitrogens with zero attached hydrogens (tertiary/aromatic N) is 2. The van der Waals surface area contributed by atoms with Crippen molar-refractivity contribution in [2.45, 2.75) is 45.8 Å². The molecule has 0 saturated carbocycles. The van der Waals surface area contributed by atoms with Gasteiger partial charge in [0.05, 0.1) is 11.0 Å². The van der Waals surface area contributed by atoms with E-state index in [1.165, 1.54) is 0 Å². The Kier molecular flexibility index (Phi) is 4.57. The van der Waals surface area contributed by atoms with Crippen LogP contribution in [0.25, 0.3) is 0 Å². The zero-order chi connectivity index (χ0) is 15.6. The molecule has 1 saturated heterocycles. The number of likely N-dealkylation sites (N-methyl/N-ethyl adjacent to an activating group) is 1. The first kappa shape index (κ1) is 15.4. The molecule has 1 aromatic rings. The molecule has 0 aliphatic carbocycles. The molecule has 114 valence electrons. The lowest BCUT2D eigenvalue weighted by Gasteiger charge is -2.22. The van der Waals surface area contributed by atoms with Gasteiger partial charge in [0.25, 0.3) is 5.69 Å². The average molecular weight is 291 g/mol. The smallest absolute Gasteiger partial charge is 0.272 e. The Hall–Kier alpha value is -1.95. The second-order valence-electron chi connectivity index (χ2n) is 5.34. The Morgan fingerprint density at radius 1 is 1.38 bits per heavy atom. The summed E-state index contributed by atoms with van der Waals surface area (Å²) in [6, 6.07) is 4.96. The predicted molar refractivity (Wildman–Crippen MR) is 79.8 cm³/mol. The summed E-state index contributed by atoms with van der Waals surface area (Å²) in [6.45, 7) is 6.25. The normalized spacial score (nSPS) is 21.9. The van der Waals surface area contributed by atoms with Crippen molar-refractivity contribution in [3.05, 3.63) is 39.4 Å². The number of hydrogen-bond donors (Lipinski definition) is 1. The third-order valence-electron chi connectivity index (χ3n) is 3.92. The van der Waals surface area contributed by atoms with E-state index in [1.54, 1.807) is 24.0 Å². The van der Waals surface area contributed by atoms with Crippen LogP contribution in [0, 0.1) is 17.0 Å². The Morgan fingerprint density at radius 2 is 2.10 bits per heavy atom. The molecule has 2 rings (SSSR count). The summed E-state index contributed by atoms with van der Waals surface area (Å²) >= 11 is 0. The number of hydrogen-bond acceptors (Lipinski definition) is 4. The molecule has 1 fully saturated rings. The predicted octanol–water partition coefficient (Wildman–Crippen LogP) is 2.52. The average Bonchev–Trinajstić information content (AvgIpc) is 2.76. The van der Waals surface area contributed by atoms with Crippen LogP contribution in [0.15, 0.2) is 18.2 Å². The summed E-state index contributed by atoms with van der Waals surface area (Å²) in [7, 11) is 0. The minimum Gasteiger partial charge on any atom is -0.322 e. The number of nitrogens with one attached hydrogen (secondary N) is 1. The van der Waals surface area contributed by atoms with Crippen molar-refractivity contribution in [2.24, 2.45) is 0 Å².